The largest absolute Gasteiger partial charge is 0.344 e. The molecule has 134 valence electrons. The van der Waals surface area contributed by atoms with Gasteiger partial charge in [0, 0.05) is 18.8 Å². The van der Waals surface area contributed by atoms with Crippen LogP contribution < -0.4 is 16.0 Å². The molecular formula is C18H28ClN3O2. The van der Waals surface area contributed by atoms with Crippen LogP contribution in [-0.2, 0) is 9.59 Å². The van der Waals surface area contributed by atoms with Gasteiger partial charge in [-0.05, 0) is 37.8 Å². The molecule has 1 aliphatic rings. The molecule has 1 fully saturated rings. The average molecular weight is 354 g/mol. The Balaban J connectivity index is 0.00000288. The summed E-state index contributed by atoms with van der Waals surface area (Å²) in [5.41, 5.74) is 6.14. The summed E-state index contributed by atoms with van der Waals surface area (Å²) in [5, 5.41) is 2.95. The highest BCUT2D eigenvalue weighted by Crippen LogP contribution is 2.27. The third kappa shape index (κ3) is 4.08. The summed E-state index contributed by atoms with van der Waals surface area (Å²) in [5.74, 6) is -0.132. The van der Waals surface area contributed by atoms with Crippen molar-refractivity contribution in [2.45, 2.75) is 45.6 Å². The predicted octanol–water partition coefficient (Wildman–Crippen LogP) is 2.49. The van der Waals surface area contributed by atoms with Crippen molar-refractivity contribution in [3.8, 4) is 0 Å². The van der Waals surface area contributed by atoms with E-state index in [1.807, 2.05) is 44.2 Å². The average Bonchev–Trinajstić information content (AvgIpc) is 2.59. The van der Waals surface area contributed by atoms with E-state index in [-0.39, 0.29) is 24.2 Å². The molecular weight excluding hydrogens is 326 g/mol. The maximum Gasteiger partial charge on any atom is 0.249 e. The molecule has 2 rings (SSSR count). The van der Waals surface area contributed by atoms with Crippen LogP contribution in [0.15, 0.2) is 30.3 Å². The summed E-state index contributed by atoms with van der Waals surface area (Å²) >= 11 is 0. The zero-order chi connectivity index (χ0) is 16.9. The Hall–Kier alpha value is -1.59. The number of carbonyl (C=O) groups excluding carboxylic acids is 2. The molecule has 1 aromatic rings. The van der Waals surface area contributed by atoms with E-state index in [0.717, 1.165) is 12.1 Å². The van der Waals surface area contributed by atoms with Gasteiger partial charge in [0.15, 0.2) is 0 Å². The molecule has 1 heterocycles. The third-order valence-electron chi connectivity index (χ3n) is 5.04. The van der Waals surface area contributed by atoms with E-state index in [9.17, 15) is 9.59 Å². The highest BCUT2D eigenvalue weighted by atomic mass is 35.5. The second-order valence-electron chi connectivity index (χ2n) is 6.19. The van der Waals surface area contributed by atoms with E-state index < -0.39 is 11.5 Å². The Labute approximate surface area is 150 Å². The van der Waals surface area contributed by atoms with Crippen LogP contribution >= 0.6 is 12.4 Å². The molecule has 1 aromatic carbocycles. The standard InChI is InChI=1S/C18H27N3O2.ClH/c1-3-18(4-2,13-19)17(23)20-15-11-8-12-21(16(15)22)14-9-6-5-7-10-14;/h5-7,9-10,15H,3-4,8,11-13,19H2,1-2H3,(H,20,23);1H. The van der Waals surface area contributed by atoms with E-state index in [0.29, 0.717) is 32.4 Å². The van der Waals surface area contributed by atoms with Gasteiger partial charge in [-0.3, -0.25) is 9.59 Å². The number of hydrogen-bond donors (Lipinski definition) is 2. The van der Waals surface area contributed by atoms with Crippen LogP contribution in [0.2, 0.25) is 0 Å². The Morgan fingerprint density at radius 2 is 1.92 bits per heavy atom. The van der Waals surface area contributed by atoms with Gasteiger partial charge in [0.05, 0.1) is 5.41 Å². The number of hydrogen-bond acceptors (Lipinski definition) is 3. The predicted molar refractivity (Wildman–Crippen MR) is 99.3 cm³/mol. The lowest BCUT2D eigenvalue weighted by atomic mass is 9.81. The van der Waals surface area contributed by atoms with Gasteiger partial charge < -0.3 is 16.0 Å². The summed E-state index contributed by atoms with van der Waals surface area (Å²) in [6.45, 7) is 4.93. The number of carbonyl (C=O) groups is 2. The van der Waals surface area contributed by atoms with Crippen molar-refractivity contribution < 1.29 is 9.59 Å². The second kappa shape index (κ2) is 9.04. The zero-order valence-electron chi connectivity index (χ0n) is 14.5. The number of para-hydroxylation sites is 1. The maximum absolute atomic E-state index is 12.7. The molecule has 0 aromatic heterocycles. The molecule has 1 unspecified atom stereocenters. The number of amides is 2. The fraction of sp³-hybridized carbons (Fsp3) is 0.556. The van der Waals surface area contributed by atoms with Crippen LogP contribution in [0.1, 0.15) is 39.5 Å². The molecule has 1 atom stereocenters. The molecule has 0 radical (unpaired) electrons. The maximum atomic E-state index is 12.7. The van der Waals surface area contributed by atoms with Gasteiger partial charge in [0.2, 0.25) is 11.8 Å². The summed E-state index contributed by atoms with van der Waals surface area (Å²) in [6.07, 6.45) is 2.91. The fourth-order valence-corrected chi connectivity index (χ4v) is 3.14. The Morgan fingerprint density at radius 1 is 1.29 bits per heavy atom. The molecule has 5 nitrogen and oxygen atoms in total. The quantitative estimate of drug-likeness (QED) is 0.825. The number of piperidine rings is 1. The first-order chi connectivity index (χ1) is 11.1. The molecule has 24 heavy (non-hydrogen) atoms. The number of nitrogens with zero attached hydrogens (tertiary/aromatic N) is 1. The molecule has 0 aliphatic carbocycles. The summed E-state index contributed by atoms with van der Waals surface area (Å²) in [7, 11) is 0. The molecule has 2 amide bonds. The summed E-state index contributed by atoms with van der Waals surface area (Å²) < 4.78 is 0. The number of nitrogens with two attached hydrogens (primary N) is 1. The monoisotopic (exact) mass is 353 g/mol. The van der Waals surface area contributed by atoms with Crippen molar-refractivity contribution in [2.75, 3.05) is 18.0 Å². The molecule has 6 heteroatoms. The van der Waals surface area contributed by atoms with Gasteiger partial charge in [0.25, 0.3) is 0 Å². The van der Waals surface area contributed by atoms with E-state index in [1.54, 1.807) is 4.90 Å². The first kappa shape index (κ1) is 20.5. The van der Waals surface area contributed by atoms with Gasteiger partial charge in [-0.1, -0.05) is 32.0 Å². The lowest BCUT2D eigenvalue weighted by molar-refractivity contribution is -0.135. The highest BCUT2D eigenvalue weighted by Gasteiger charge is 2.37. The zero-order valence-corrected chi connectivity index (χ0v) is 15.3. The minimum Gasteiger partial charge on any atom is -0.344 e. The van der Waals surface area contributed by atoms with Crippen LogP contribution in [0.4, 0.5) is 5.69 Å². The van der Waals surface area contributed by atoms with Gasteiger partial charge in [-0.2, -0.15) is 0 Å². The molecule has 1 aliphatic heterocycles. The first-order valence-electron chi connectivity index (χ1n) is 8.45. The Kier molecular flexibility index (Phi) is 7.70. The highest BCUT2D eigenvalue weighted by molar-refractivity contribution is 6.00. The number of anilines is 1. The number of rotatable bonds is 6. The molecule has 0 saturated carbocycles. The fourth-order valence-electron chi connectivity index (χ4n) is 3.14. The smallest absolute Gasteiger partial charge is 0.249 e. The van der Waals surface area contributed by atoms with Crippen molar-refractivity contribution in [2.24, 2.45) is 11.1 Å². The third-order valence-corrected chi connectivity index (χ3v) is 5.04. The summed E-state index contributed by atoms with van der Waals surface area (Å²) in [6, 6.07) is 9.14. The van der Waals surface area contributed by atoms with Crippen molar-refractivity contribution in [1.82, 2.24) is 5.32 Å². The summed E-state index contributed by atoms with van der Waals surface area (Å²) in [4.78, 5) is 27.1. The van der Waals surface area contributed by atoms with Crippen molar-refractivity contribution in [1.29, 1.82) is 0 Å². The lowest BCUT2D eigenvalue weighted by Crippen LogP contribution is -2.56. The molecule has 0 bridgehead atoms. The normalized spacial score (nSPS) is 18.0. The number of halogens is 1. The van der Waals surface area contributed by atoms with Crippen LogP contribution in [0.25, 0.3) is 0 Å². The van der Waals surface area contributed by atoms with E-state index in [4.69, 9.17) is 5.73 Å². The SMILES string of the molecule is CCC(CC)(CN)C(=O)NC1CCCN(c2ccccc2)C1=O.Cl. The Bertz CT molecular complexity index is 538. The molecule has 1 saturated heterocycles. The first-order valence-corrected chi connectivity index (χ1v) is 8.45. The van der Waals surface area contributed by atoms with E-state index in [2.05, 4.69) is 5.32 Å². The van der Waals surface area contributed by atoms with Crippen LogP contribution in [0, 0.1) is 5.41 Å². The Morgan fingerprint density at radius 3 is 2.46 bits per heavy atom. The van der Waals surface area contributed by atoms with Crippen LogP contribution in [0.3, 0.4) is 0 Å². The van der Waals surface area contributed by atoms with E-state index in [1.165, 1.54) is 0 Å². The van der Waals surface area contributed by atoms with Gasteiger partial charge in [0.1, 0.15) is 6.04 Å². The van der Waals surface area contributed by atoms with Gasteiger partial charge in [-0.15, -0.1) is 12.4 Å². The van der Waals surface area contributed by atoms with Crippen molar-refractivity contribution in [3.63, 3.8) is 0 Å². The lowest BCUT2D eigenvalue weighted by Gasteiger charge is -2.35. The molecule has 0 spiro atoms. The minimum absolute atomic E-state index is 0. The van der Waals surface area contributed by atoms with Crippen LogP contribution in [0.5, 0.6) is 0 Å². The van der Waals surface area contributed by atoms with Crippen molar-refractivity contribution in [3.05, 3.63) is 30.3 Å². The van der Waals surface area contributed by atoms with Crippen LogP contribution in [-0.4, -0.2) is 30.9 Å². The minimum atomic E-state index is -0.574. The van der Waals surface area contributed by atoms with E-state index >= 15 is 0 Å². The van der Waals surface area contributed by atoms with Gasteiger partial charge in [-0.25, -0.2) is 0 Å². The second-order valence-corrected chi connectivity index (χ2v) is 6.19. The van der Waals surface area contributed by atoms with Crippen molar-refractivity contribution >= 4 is 29.9 Å². The molecule has 3 N–H and O–H groups in total. The topological polar surface area (TPSA) is 75.4 Å². The number of benzene rings is 1. The van der Waals surface area contributed by atoms with Gasteiger partial charge >= 0.3 is 0 Å². The number of nitrogens with one attached hydrogen (secondary N) is 1.